The van der Waals surface area contributed by atoms with Gasteiger partial charge in [-0.05, 0) is 30.0 Å². The van der Waals surface area contributed by atoms with Crippen molar-refractivity contribution in [1.29, 1.82) is 0 Å². The van der Waals surface area contributed by atoms with Gasteiger partial charge in [-0.15, -0.1) is 0 Å². The summed E-state index contributed by atoms with van der Waals surface area (Å²) in [5.41, 5.74) is 2.06. The Kier molecular flexibility index (Phi) is 8.64. The van der Waals surface area contributed by atoms with Crippen LogP contribution in [0.3, 0.4) is 0 Å². The van der Waals surface area contributed by atoms with Crippen LogP contribution >= 0.6 is 0 Å². The number of hydrogen-bond donors (Lipinski definition) is 1. The van der Waals surface area contributed by atoms with Gasteiger partial charge < -0.3 is 19.9 Å². The first-order chi connectivity index (χ1) is 15.4. The van der Waals surface area contributed by atoms with E-state index >= 15 is 0 Å². The van der Waals surface area contributed by atoms with Crippen molar-refractivity contribution >= 4 is 23.4 Å². The number of methoxy groups -OCH3 is 1. The van der Waals surface area contributed by atoms with Gasteiger partial charge in [0, 0.05) is 65.1 Å². The summed E-state index contributed by atoms with van der Waals surface area (Å²) in [6.45, 7) is 8.77. The van der Waals surface area contributed by atoms with Gasteiger partial charge in [0.05, 0.1) is 12.5 Å². The lowest BCUT2D eigenvalue weighted by Crippen LogP contribution is -2.52. The van der Waals surface area contributed by atoms with Gasteiger partial charge in [-0.1, -0.05) is 26.0 Å². The summed E-state index contributed by atoms with van der Waals surface area (Å²) < 4.78 is 4.98. The summed E-state index contributed by atoms with van der Waals surface area (Å²) in [4.78, 5) is 43.4. The minimum absolute atomic E-state index is 0.00143. The predicted octanol–water partition coefficient (Wildman–Crippen LogP) is 1.46. The molecule has 0 radical (unpaired) electrons. The number of hydrogen-bond acceptors (Lipinski definition) is 5. The zero-order chi connectivity index (χ0) is 23.1. The first kappa shape index (κ1) is 24.2. The zero-order valence-electron chi connectivity index (χ0n) is 19.5. The van der Waals surface area contributed by atoms with Crippen LogP contribution in [0.25, 0.3) is 0 Å². The van der Waals surface area contributed by atoms with E-state index in [1.165, 1.54) is 5.56 Å². The van der Waals surface area contributed by atoms with Crippen LogP contribution in [0.2, 0.25) is 0 Å². The summed E-state index contributed by atoms with van der Waals surface area (Å²) in [6, 6.07) is 8.03. The molecule has 2 aliphatic heterocycles. The Balaban J connectivity index is 1.47. The van der Waals surface area contributed by atoms with Crippen molar-refractivity contribution < 1.29 is 19.1 Å². The van der Waals surface area contributed by atoms with Crippen LogP contribution in [0, 0.1) is 5.92 Å². The predicted molar refractivity (Wildman–Crippen MR) is 124 cm³/mol. The molecule has 0 aromatic heterocycles. The van der Waals surface area contributed by atoms with E-state index in [-0.39, 0.29) is 30.1 Å². The van der Waals surface area contributed by atoms with Gasteiger partial charge >= 0.3 is 0 Å². The van der Waals surface area contributed by atoms with Crippen LogP contribution in [0.1, 0.15) is 38.2 Å². The molecule has 1 N–H and O–H groups in total. The Morgan fingerprint density at radius 1 is 1.19 bits per heavy atom. The molecule has 0 aliphatic carbocycles. The number of carbonyl (C=O) groups is 3. The van der Waals surface area contributed by atoms with Crippen LogP contribution < -0.4 is 10.2 Å². The van der Waals surface area contributed by atoms with Crippen molar-refractivity contribution in [3.05, 3.63) is 29.8 Å². The van der Waals surface area contributed by atoms with Crippen molar-refractivity contribution in [3.63, 3.8) is 0 Å². The maximum atomic E-state index is 13.1. The second-order valence-corrected chi connectivity index (χ2v) is 8.95. The van der Waals surface area contributed by atoms with Crippen molar-refractivity contribution in [1.82, 2.24) is 15.1 Å². The number of ether oxygens (including phenoxy) is 1. The molecule has 8 heteroatoms. The van der Waals surface area contributed by atoms with E-state index in [1.54, 1.807) is 12.0 Å². The Labute approximate surface area is 190 Å². The van der Waals surface area contributed by atoms with E-state index in [0.717, 1.165) is 12.1 Å². The average molecular weight is 445 g/mol. The third kappa shape index (κ3) is 6.29. The molecule has 3 rings (SSSR count). The van der Waals surface area contributed by atoms with E-state index in [4.69, 9.17) is 4.74 Å². The molecule has 0 bridgehead atoms. The molecule has 176 valence electrons. The molecule has 1 aromatic carbocycles. The van der Waals surface area contributed by atoms with Crippen molar-refractivity contribution in [2.24, 2.45) is 5.92 Å². The van der Waals surface area contributed by atoms with Gasteiger partial charge in [-0.3, -0.25) is 19.3 Å². The van der Waals surface area contributed by atoms with E-state index in [0.29, 0.717) is 58.3 Å². The Bertz CT molecular complexity index is 805. The molecule has 2 aliphatic rings. The highest BCUT2D eigenvalue weighted by Gasteiger charge is 2.38. The normalized spacial score (nSPS) is 19.6. The first-order valence-corrected chi connectivity index (χ1v) is 11.6. The molecule has 0 spiro atoms. The summed E-state index contributed by atoms with van der Waals surface area (Å²) in [6.07, 6.45) is 1.05. The molecule has 1 atom stereocenters. The van der Waals surface area contributed by atoms with E-state index in [9.17, 15) is 14.4 Å². The van der Waals surface area contributed by atoms with Crippen LogP contribution in [-0.4, -0.2) is 87.1 Å². The molecule has 0 saturated carbocycles. The van der Waals surface area contributed by atoms with Gasteiger partial charge in [0.1, 0.15) is 0 Å². The van der Waals surface area contributed by atoms with Crippen LogP contribution in [0.4, 0.5) is 5.69 Å². The molecule has 2 heterocycles. The summed E-state index contributed by atoms with van der Waals surface area (Å²) in [7, 11) is 1.64. The van der Waals surface area contributed by atoms with Gasteiger partial charge in [-0.2, -0.15) is 0 Å². The number of nitrogens with zero attached hydrogens (tertiary/aromatic N) is 3. The molecule has 32 heavy (non-hydrogen) atoms. The van der Waals surface area contributed by atoms with Crippen LogP contribution in [-0.2, 0) is 19.1 Å². The third-order valence-electron chi connectivity index (χ3n) is 6.22. The van der Waals surface area contributed by atoms with E-state index in [2.05, 4.69) is 36.2 Å². The smallest absolute Gasteiger partial charge is 0.234 e. The fourth-order valence-corrected chi connectivity index (χ4v) is 4.26. The lowest BCUT2D eigenvalue weighted by molar-refractivity contribution is -0.137. The van der Waals surface area contributed by atoms with Crippen LogP contribution in [0.15, 0.2) is 24.3 Å². The lowest BCUT2D eigenvalue weighted by Gasteiger charge is -2.35. The number of carbonyl (C=O) groups excluding carboxylic acids is 3. The highest BCUT2D eigenvalue weighted by atomic mass is 16.5. The minimum Gasteiger partial charge on any atom is -0.385 e. The number of anilines is 1. The van der Waals surface area contributed by atoms with Gasteiger partial charge in [0.25, 0.3) is 0 Å². The number of piperazine rings is 1. The maximum absolute atomic E-state index is 13.1. The van der Waals surface area contributed by atoms with E-state index in [1.807, 2.05) is 17.0 Å². The Morgan fingerprint density at radius 2 is 1.94 bits per heavy atom. The van der Waals surface area contributed by atoms with Crippen molar-refractivity contribution in [2.45, 2.75) is 32.6 Å². The topological polar surface area (TPSA) is 82.2 Å². The molecular formula is C24H36N4O4. The monoisotopic (exact) mass is 444 g/mol. The Morgan fingerprint density at radius 3 is 2.62 bits per heavy atom. The fourth-order valence-electron chi connectivity index (χ4n) is 4.26. The highest BCUT2D eigenvalue weighted by molar-refractivity contribution is 6.00. The minimum atomic E-state index is -0.305. The number of nitrogens with one attached hydrogen (secondary N) is 1. The quantitative estimate of drug-likeness (QED) is 0.583. The molecule has 1 unspecified atom stereocenters. The maximum Gasteiger partial charge on any atom is 0.234 e. The van der Waals surface area contributed by atoms with Crippen molar-refractivity contribution in [2.75, 3.05) is 64.4 Å². The van der Waals surface area contributed by atoms with Gasteiger partial charge in [-0.25, -0.2) is 0 Å². The largest absolute Gasteiger partial charge is 0.385 e. The molecule has 2 saturated heterocycles. The van der Waals surface area contributed by atoms with Crippen LogP contribution in [0.5, 0.6) is 0 Å². The second-order valence-electron chi connectivity index (χ2n) is 8.95. The zero-order valence-corrected chi connectivity index (χ0v) is 19.5. The molecule has 8 nitrogen and oxygen atoms in total. The fraction of sp³-hybridized carbons (Fsp3) is 0.625. The Hall–Kier alpha value is -2.45. The third-order valence-corrected chi connectivity index (χ3v) is 6.22. The van der Waals surface area contributed by atoms with E-state index < -0.39 is 0 Å². The summed E-state index contributed by atoms with van der Waals surface area (Å²) in [5, 5.41) is 2.90. The van der Waals surface area contributed by atoms with Gasteiger partial charge in [0.15, 0.2) is 0 Å². The second kappa shape index (κ2) is 11.4. The molecule has 2 fully saturated rings. The lowest BCUT2D eigenvalue weighted by atomic mass is 10.0. The standard InChI is InChI=1S/C24H36N4O4/c1-18(2)19-6-4-7-21(14-19)28-16-20(15-23(28)30)24(31)27-11-9-26(10-12-27)17-22(29)25-8-5-13-32-3/h4,6-7,14,18,20H,5,8-13,15-17H2,1-3H3,(H,25,29). The highest BCUT2D eigenvalue weighted by Crippen LogP contribution is 2.29. The molecule has 3 amide bonds. The summed E-state index contributed by atoms with van der Waals surface area (Å²) >= 11 is 0. The summed E-state index contributed by atoms with van der Waals surface area (Å²) in [5.74, 6) is 0.133. The molecular weight excluding hydrogens is 408 g/mol. The number of rotatable bonds is 9. The average Bonchev–Trinajstić information content (AvgIpc) is 3.18. The number of amides is 3. The molecule has 1 aromatic rings. The van der Waals surface area contributed by atoms with Crippen molar-refractivity contribution in [3.8, 4) is 0 Å². The first-order valence-electron chi connectivity index (χ1n) is 11.6. The number of benzene rings is 1. The SMILES string of the molecule is COCCCNC(=O)CN1CCN(C(=O)C2CC(=O)N(c3cccc(C(C)C)c3)C2)CC1. The van der Waals surface area contributed by atoms with Gasteiger partial charge in [0.2, 0.25) is 17.7 Å².